The van der Waals surface area contributed by atoms with Crippen LogP contribution in [0.15, 0.2) is 0 Å². The highest BCUT2D eigenvalue weighted by Gasteiger charge is 2.17. The van der Waals surface area contributed by atoms with E-state index in [2.05, 4.69) is 41.4 Å². The van der Waals surface area contributed by atoms with Crippen LogP contribution in [0.25, 0.3) is 0 Å². The summed E-state index contributed by atoms with van der Waals surface area (Å²) in [7, 11) is 1.91. The quantitative estimate of drug-likeness (QED) is 0.823. The highest BCUT2D eigenvalue weighted by molar-refractivity contribution is 5.57. The maximum absolute atomic E-state index is 4.66. The Morgan fingerprint density at radius 2 is 1.89 bits per heavy atom. The summed E-state index contributed by atoms with van der Waals surface area (Å²) in [6.07, 6.45) is 5.49. The lowest BCUT2D eigenvalue weighted by molar-refractivity contribution is 0.303. The smallest absolute Gasteiger partial charge is 0.135 e. The molecule has 0 saturated heterocycles. The third kappa shape index (κ3) is 3.37. The zero-order chi connectivity index (χ0) is 13.8. The molecule has 0 radical (unpaired) electrons. The van der Waals surface area contributed by atoms with Crippen molar-refractivity contribution in [2.45, 2.75) is 52.4 Å². The minimum Gasteiger partial charge on any atom is -0.373 e. The van der Waals surface area contributed by atoms with Crippen molar-refractivity contribution in [2.24, 2.45) is 5.92 Å². The maximum atomic E-state index is 4.66. The number of aromatic nitrogens is 2. The summed E-state index contributed by atoms with van der Waals surface area (Å²) >= 11 is 0. The molecule has 0 bridgehead atoms. The van der Waals surface area contributed by atoms with Gasteiger partial charge in [0.25, 0.3) is 0 Å². The molecule has 1 aliphatic rings. The highest BCUT2D eigenvalue weighted by Crippen LogP contribution is 2.29. The molecular weight excluding hydrogens is 236 g/mol. The molecule has 1 fully saturated rings. The van der Waals surface area contributed by atoms with Crippen LogP contribution < -0.4 is 10.6 Å². The first-order valence-electron chi connectivity index (χ1n) is 7.42. The van der Waals surface area contributed by atoms with Crippen LogP contribution in [-0.4, -0.2) is 23.6 Å². The Morgan fingerprint density at radius 1 is 1.21 bits per heavy atom. The van der Waals surface area contributed by atoms with Crippen LogP contribution in [0.3, 0.4) is 0 Å². The fourth-order valence-corrected chi connectivity index (χ4v) is 2.38. The summed E-state index contributed by atoms with van der Waals surface area (Å²) in [6, 6.07) is 0. The topological polar surface area (TPSA) is 49.8 Å². The molecule has 0 aromatic carbocycles. The predicted octanol–water partition coefficient (Wildman–Crippen LogP) is 3.55. The van der Waals surface area contributed by atoms with Gasteiger partial charge in [-0.2, -0.15) is 0 Å². The van der Waals surface area contributed by atoms with Crippen molar-refractivity contribution in [3.05, 3.63) is 11.4 Å². The summed E-state index contributed by atoms with van der Waals surface area (Å²) in [4.78, 5) is 9.22. The van der Waals surface area contributed by atoms with Gasteiger partial charge >= 0.3 is 0 Å². The van der Waals surface area contributed by atoms with E-state index in [1.807, 2.05) is 7.05 Å². The van der Waals surface area contributed by atoms with E-state index < -0.39 is 0 Å². The van der Waals surface area contributed by atoms with E-state index in [4.69, 9.17) is 0 Å². The lowest BCUT2D eigenvalue weighted by Crippen LogP contribution is -2.17. The second-order valence-electron chi connectivity index (χ2n) is 5.82. The standard InChI is InChI=1S/C15H26N4/c1-10(2)13-18-14(16-4)11(3)15(19-13)17-9-8-12-6-5-7-12/h10,12H,5-9H2,1-4H3,(H2,16,17,18,19). The van der Waals surface area contributed by atoms with Crippen LogP contribution in [-0.2, 0) is 0 Å². The first-order chi connectivity index (χ1) is 9.11. The Balaban J connectivity index is 2.05. The molecular formula is C15H26N4. The van der Waals surface area contributed by atoms with E-state index in [0.29, 0.717) is 5.92 Å². The normalized spacial score (nSPS) is 15.4. The molecule has 4 nitrogen and oxygen atoms in total. The molecule has 19 heavy (non-hydrogen) atoms. The van der Waals surface area contributed by atoms with E-state index in [0.717, 1.165) is 35.5 Å². The van der Waals surface area contributed by atoms with Gasteiger partial charge in [0, 0.05) is 25.1 Å². The van der Waals surface area contributed by atoms with Crippen LogP contribution in [0, 0.1) is 12.8 Å². The Hall–Kier alpha value is -1.32. The second-order valence-corrected chi connectivity index (χ2v) is 5.82. The van der Waals surface area contributed by atoms with E-state index in [1.165, 1.54) is 25.7 Å². The molecule has 0 amide bonds. The van der Waals surface area contributed by atoms with Gasteiger partial charge in [0.15, 0.2) is 0 Å². The Bertz CT molecular complexity index is 424. The summed E-state index contributed by atoms with van der Waals surface area (Å²) in [5, 5.41) is 6.65. The largest absolute Gasteiger partial charge is 0.373 e. The van der Waals surface area contributed by atoms with Crippen LogP contribution >= 0.6 is 0 Å². The molecule has 0 aliphatic heterocycles. The Labute approximate surface area is 116 Å². The lowest BCUT2D eigenvalue weighted by atomic mass is 9.83. The Morgan fingerprint density at radius 3 is 2.42 bits per heavy atom. The fraction of sp³-hybridized carbons (Fsp3) is 0.733. The molecule has 106 valence electrons. The number of nitrogens with zero attached hydrogens (tertiary/aromatic N) is 2. The monoisotopic (exact) mass is 262 g/mol. The zero-order valence-corrected chi connectivity index (χ0v) is 12.6. The number of anilines is 2. The molecule has 0 unspecified atom stereocenters. The van der Waals surface area contributed by atoms with Crippen molar-refractivity contribution in [1.82, 2.24) is 9.97 Å². The van der Waals surface area contributed by atoms with E-state index >= 15 is 0 Å². The van der Waals surface area contributed by atoms with E-state index in [1.54, 1.807) is 0 Å². The van der Waals surface area contributed by atoms with Crippen molar-refractivity contribution in [3.63, 3.8) is 0 Å². The molecule has 2 rings (SSSR count). The van der Waals surface area contributed by atoms with Crippen LogP contribution in [0.1, 0.15) is 56.8 Å². The van der Waals surface area contributed by atoms with Gasteiger partial charge in [0.2, 0.25) is 0 Å². The molecule has 4 heteroatoms. The first-order valence-corrected chi connectivity index (χ1v) is 7.42. The van der Waals surface area contributed by atoms with Crippen molar-refractivity contribution in [2.75, 3.05) is 24.2 Å². The zero-order valence-electron chi connectivity index (χ0n) is 12.6. The van der Waals surface area contributed by atoms with Gasteiger partial charge in [-0.15, -0.1) is 0 Å². The average Bonchev–Trinajstić information content (AvgIpc) is 2.33. The maximum Gasteiger partial charge on any atom is 0.135 e. The highest BCUT2D eigenvalue weighted by atomic mass is 15.1. The van der Waals surface area contributed by atoms with E-state index in [-0.39, 0.29) is 0 Å². The van der Waals surface area contributed by atoms with Gasteiger partial charge in [0.05, 0.1) is 0 Å². The average molecular weight is 262 g/mol. The SMILES string of the molecule is CNc1nc(C(C)C)nc(NCCC2CCC2)c1C. The van der Waals surface area contributed by atoms with Crippen LogP contribution in [0.4, 0.5) is 11.6 Å². The molecule has 0 atom stereocenters. The lowest BCUT2D eigenvalue weighted by Gasteiger charge is -2.25. The summed E-state index contributed by atoms with van der Waals surface area (Å²) in [5.41, 5.74) is 1.11. The predicted molar refractivity (Wildman–Crippen MR) is 80.9 cm³/mol. The summed E-state index contributed by atoms with van der Waals surface area (Å²) in [5.74, 6) is 4.11. The van der Waals surface area contributed by atoms with Gasteiger partial charge in [-0.25, -0.2) is 9.97 Å². The minimum absolute atomic E-state index is 0.347. The van der Waals surface area contributed by atoms with Gasteiger partial charge in [-0.05, 0) is 19.3 Å². The molecule has 1 saturated carbocycles. The van der Waals surface area contributed by atoms with Crippen LogP contribution in [0.2, 0.25) is 0 Å². The van der Waals surface area contributed by atoms with Gasteiger partial charge in [-0.1, -0.05) is 33.1 Å². The fourth-order valence-electron chi connectivity index (χ4n) is 2.38. The van der Waals surface area contributed by atoms with Crippen molar-refractivity contribution < 1.29 is 0 Å². The third-order valence-electron chi connectivity index (χ3n) is 3.99. The molecule has 1 aromatic rings. The number of hydrogen-bond donors (Lipinski definition) is 2. The minimum atomic E-state index is 0.347. The second kappa shape index (κ2) is 6.22. The summed E-state index contributed by atoms with van der Waals surface area (Å²) < 4.78 is 0. The Kier molecular flexibility index (Phi) is 4.61. The van der Waals surface area contributed by atoms with Gasteiger partial charge < -0.3 is 10.6 Å². The van der Waals surface area contributed by atoms with Crippen molar-refractivity contribution in [1.29, 1.82) is 0 Å². The third-order valence-corrected chi connectivity index (χ3v) is 3.99. The summed E-state index contributed by atoms with van der Waals surface area (Å²) in [6.45, 7) is 7.34. The molecule has 2 N–H and O–H groups in total. The molecule has 1 heterocycles. The number of hydrogen-bond acceptors (Lipinski definition) is 4. The molecule has 1 aliphatic carbocycles. The number of rotatable bonds is 6. The van der Waals surface area contributed by atoms with Crippen molar-refractivity contribution >= 4 is 11.6 Å². The molecule has 0 spiro atoms. The van der Waals surface area contributed by atoms with E-state index in [9.17, 15) is 0 Å². The molecule has 1 aromatic heterocycles. The van der Waals surface area contributed by atoms with Crippen LogP contribution in [0.5, 0.6) is 0 Å². The van der Waals surface area contributed by atoms with Gasteiger partial charge in [-0.3, -0.25) is 0 Å². The van der Waals surface area contributed by atoms with Crippen molar-refractivity contribution in [3.8, 4) is 0 Å². The first kappa shape index (κ1) is 14.1. The number of nitrogens with one attached hydrogen (secondary N) is 2. The van der Waals surface area contributed by atoms with Gasteiger partial charge in [0.1, 0.15) is 17.5 Å².